The van der Waals surface area contributed by atoms with Crippen molar-refractivity contribution in [2.75, 3.05) is 0 Å². The summed E-state index contributed by atoms with van der Waals surface area (Å²) in [5, 5.41) is 0. The van der Waals surface area contributed by atoms with Crippen molar-refractivity contribution in [3.05, 3.63) is 17.2 Å². The molecule has 0 bridgehead atoms. The molecule has 9 heteroatoms. The summed E-state index contributed by atoms with van der Waals surface area (Å²) >= 11 is 0. The van der Waals surface area contributed by atoms with Crippen LogP contribution in [0.1, 0.15) is 24.1 Å². The van der Waals surface area contributed by atoms with Crippen molar-refractivity contribution < 1.29 is 29.7 Å². The van der Waals surface area contributed by atoms with Gasteiger partial charge in [-0.05, 0) is 6.92 Å². The molecule has 0 saturated carbocycles. The Kier molecular flexibility index (Phi) is 3.94. The summed E-state index contributed by atoms with van der Waals surface area (Å²) in [5.74, 6) is 1.34. The van der Waals surface area contributed by atoms with Crippen molar-refractivity contribution in [1.82, 2.24) is 4.57 Å². The molecule has 0 spiro atoms. The van der Waals surface area contributed by atoms with Gasteiger partial charge in [-0.25, -0.2) is 9.13 Å². The molecule has 0 fully saturated rings. The summed E-state index contributed by atoms with van der Waals surface area (Å²) in [4.78, 5) is 0. The van der Waals surface area contributed by atoms with E-state index < -0.39 is 7.81 Å². The van der Waals surface area contributed by atoms with E-state index in [2.05, 4.69) is 43.9 Å². The van der Waals surface area contributed by atoms with Crippen LogP contribution in [-0.4, -0.2) is 4.57 Å². The van der Waals surface area contributed by atoms with E-state index in [-0.39, 0.29) is 0 Å². The first-order valence-corrected chi connectivity index (χ1v) is 7.16. The second-order valence-corrected chi connectivity index (χ2v) is 5.90. The van der Waals surface area contributed by atoms with Crippen molar-refractivity contribution in [2.24, 2.45) is 7.05 Å². The number of nitrogens with zero attached hydrogens (tertiary/aromatic N) is 2. The fraction of sp³-hybridized carbons (Fsp3) is 0.667. The minimum absolute atomic E-state index is 1.07. The van der Waals surface area contributed by atoms with Gasteiger partial charge in [0.15, 0.2) is 0 Å². The molecule has 110 valence electrons. The van der Waals surface area contributed by atoms with Gasteiger partial charge in [0.2, 0.25) is 0 Å². The maximum absolute atomic E-state index is 10.7. The van der Waals surface area contributed by atoms with Crippen molar-refractivity contribution in [3.63, 3.8) is 0 Å². The van der Waals surface area contributed by atoms with Gasteiger partial charge in [0.1, 0.15) is 11.4 Å². The van der Waals surface area contributed by atoms with Crippen LogP contribution in [0.3, 0.4) is 0 Å². The van der Waals surface area contributed by atoms with Crippen LogP contribution in [0.5, 0.6) is 0 Å². The Morgan fingerprint density at radius 3 is 1.44 bits per heavy atom. The van der Waals surface area contributed by atoms with E-state index in [0.717, 1.165) is 6.54 Å². The first-order valence-electron chi connectivity index (χ1n) is 5.13. The second kappa shape index (κ2) is 4.11. The summed E-state index contributed by atoms with van der Waals surface area (Å²) in [5.41, 5.74) is 2.75. The van der Waals surface area contributed by atoms with Gasteiger partial charge in [-0.2, -0.15) is 0 Å². The molecular weight excluding hydrogens is 281 g/mol. The maximum atomic E-state index is 9.87. The third-order valence-corrected chi connectivity index (χ3v) is 2.62. The summed E-state index contributed by atoms with van der Waals surface area (Å²) in [6, 6.07) is 0. The molecule has 18 heavy (non-hydrogen) atoms. The molecule has 0 aromatic carbocycles. The molecule has 2 nitrogen and oxygen atoms in total. The SMILES string of the molecule is CCn1c(C)c(C)[n+](C)c1C.F[P-](F)(F)(F)(F)F. The van der Waals surface area contributed by atoms with E-state index in [0.29, 0.717) is 0 Å². The van der Waals surface area contributed by atoms with E-state index >= 15 is 0 Å². The third-order valence-electron chi connectivity index (χ3n) is 2.62. The molecule has 0 aliphatic carbocycles. The summed E-state index contributed by atoms with van der Waals surface area (Å²) in [7, 11) is -8.54. The van der Waals surface area contributed by atoms with Gasteiger partial charge < -0.3 is 0 Å². The average molecular weight is 298 g/mol. The monoisotopic (exact) mass is 298 g/mol. The molecule has 0 amide bonds. The van der Waals surface area contributed by atoms with Crippen LogP contribution < -0.4 is 4.57 Å². The van der Waals surface area contributed by atoms with Crippen LogP contribution in [-0.2, 0) is 13.6 Å². The number of aromatic nitrogens is 2. The zero-order valence-electron chi connectivity index (χ0n) is 10.8. The number of hydrogen-bond acceptors (Lipinski definition) is 0. The molecular formula is C9H17F6N2P. The Morgan fingerprint density at radius 1 is 1.00 bits per heavy atom. The average Bonchev–Trinajstić information content (AvgIpc) is 2.26. The predicted molar refractivity (Wildman–Crippen MR) is 59.1 cm³/mol. The van der Waals surface area contributed by atoms with Crippen LogP contribution >= 0.6 is 7.81 Å². The van der Waals surface area contributed by atoms with Crippen molar-refractivity contribution in [2.45, 2.75) is 34.2 Å². The van der Waals surface area contributed by atoms with Crippen LogP contribution in [0, 0.1) is 20.8 Å². The van der Waals surface area contributed by atoms with Gasteiger partial charge in [0.25, 0.3) is 5.82 Å². The zero-order valence-corrected chi connectivity index (χ0v) is 11.7. The molecule has 1 aromatic rings. The number of halogens is 6. The first-order chi connectivity index (χ1) is 7.54. The minimum atomic E-state index is -10.7. The molecule has 0 saturated heterocycles. The molecule has 0 atom stereocenters. The number of imidazole rings is 1. The van der Waals surface area contributed by atoms with Crippen molar-refractivity contribution in [1.29, 1.82) is 0 Å². The fourth-order valence-electron chi connectivity index (χ4n) is 1.57. The van der Waals surface area contributed by atoms with Gasteiger partial charge in [0.05, 0.1) is 13.6 Å². The van der Waals surface area contributed by atoms with Crippen LogP contribution in [0.2, 0.25) is 0 Å². The Labute approximate surface area is 101 Å². The summed E-state index contributed by atoms with van der Waals surface area (Å²) < 4.78 is 63.8. The zero-order chi connectivity index (χ0) is 15.0. The van der Waals surface area contributed by atoms with Crippen LogP contribution in [0.15, 0.2) is 0 Å². The summed E-state index contributed by atoms with van der Waals surface area (Å²) in [6.45, 7) is 9.74. The van der Waals surface area contributed by atoms with Gasteiger partial charge in [-0.15, -0.1) is 0 Å². The quantitative estimate of drug-likeness (QED) is 0.406. The molecule has 1 rings (SSSR count). The van der Waals surface area contributed by atoms with Gasteiger partial charge in [0, 0.05) is 20.8 Å². The van der Waals surface area contributed by atoms with E-state index in [4.69, 9.17) is 0 Å². The molecule has 0 N–H and O–H groups in total. The third kappa shape index (κ3) is 6.83. The van der Waals surface area contributed by atoms with Crippen molar-refractivity contribution >= 4 is 7.81 Å². The van der Waals surface area contributed by atoms with Crippen LogP contribution in [0.25, 0.3) is 0 Å². The van der Waals surface area contributed by atoms with Crippen molar-refractivity contribution in [3.8, 4) is 0 Å². The predicted octanol–water partition coefficient (Wildman–Crippen LogP) is 4.64. The molecule has 0 aliphatic rings. The van der Waals surface area contributed by atoms with Gasteiger partial charge in [-0.1, -0.05) is 0 Å². The Morgan fingerprint density at radius 2 is 1.33 bits per heavy atom. The Bertz CT molecular complexity index is 408. The van der Waals surface area contributed by atoms with E-state index in [9.17, 15) is 25.2 Å². The first kappa shape index (κ1) is 17.2. The van der Waals surface area contributed by atoms with E-state index in [1.54, 1.807) is 0 Å². The fourth-order valence-corrected chi connectivity index (χ4v) is 1.57. The Balaban J connectivity index is 0.000000360. The molecule has 0 unspecified atom stereocenters. The topological polar surface area (TPSA) is 8.81 Å². The standard InChI is InChI=1S/C9H17N2.F6P/c1-6-11-8(3)7(2)10(5)9(11)4;1-7(2,3,4,5)6/h6H2,1-5H3;/q+1;-1. The summed E-state index contributed by atoms with van der Waals surface area (Å²) in [6.07, 6.45) is 0. The second-order valence-electron chi connectivity index (χ2n) is 3.98. The number of rotatable bonds is 1. The molecule has 1 aromatic heterocycles. The van der Waals surface area contributed by atoms with Gasteiger partial charge >= 0.3 is 33.0 Å². The van der Waals surface area contributed by atoms with Gasteiger partial charge in [-0.3, -0.25) is 0 Å². The van der Waals surface area contributed by atoms with E-state index in [1.165, 1.54) is 17.2 Å². The normalized spacial score (nSPS) is 15.5. The molecule has 0 radical (unpaired) electrons. The van der Waals surface area contributed by atoms with Crippen LogP contribution in [0.4, 0.5) is 25.2 Å². The van der Waals surface area contributed by atoms with E-state index in [1.807, 2.05) is 0 Å². The molecule has 1 heterocycles. The Hall–Kier alpha value is -0.780. The molecule has 0 aliphatic heterocycles. The number of hydrogen-bond donors (Lipinski definition) is 0.